The van der Waals surface area contributed by atoms with E-state index in [0.29, 0.717) is 18.0 Å². The second-order valence-electron chi connectivity index (χ2n) is 4.22. The van der Waals surface area contributed by atoms with E-state index in [-0.39, 0.29) is 11.7 Å². The molecule has 86 valence electrons. The van der Waals surface area contributed by atoms with E-state index in [1.807, 2.05) is 6.92 Å². The zero-order chi connectivity index (χ0) is 11.5. The van der Waals surface area contributed by atoms with Crippen molar-refractivity contribution in [3.8, 4) is 0 Å². The van der Waals surface area contributed by atoms with Crippen LogP contribution in [0.4, 0.5) is 5.82 Å². The van der Waals surface area contributed by atoms with E-state index in [4.69, 9.17) is 10.5 Å². The van der Waals surface area contributed by atoms with Crippen LogP contribution in [0.15, 0.2) is 12.3 Å². The minimum atomic E-state index is -0.0559. The molecule has 1 aliphatic heterocycles. The van der Waals surface area contributed by atoms with Crippen LogP contribution >= 0.6 is 0 Å². The van der Waals surface area contributed by atoms with E-state index in [1.165, 1.54) is 0 Å². The molecule has 4 heteroatoms. The van der Waals surface area contributed by atoms with E-state index in [1.54, 1.807) is 12.3 Å². The van der Waals surface area contributed by atoms with Gasteiger partial charge in [-0.3, -0.25) is 4.79 Å². The van der Waals surface area contributed by atoms with Crippen molar-refractivity contribution >= 4 is 11.6 Å². The Morgan fingerprint density at radius 1 is 1.62 bits per heavy atom. The first-order valence-electron chi connectivity index (χ1n) is 5.52. The molecule has 1 aromatic rings. The number of hydrogen-bond donors (Lipinski definition) is 1. The van der Waals surface area contributed by atoms with Crippen molar-refractivity contribution in [3.05, 3.63) is 23.4 Å². The molecule has 2 rings (SSSR count). The van der Waals surface area contributed by atoms with Gasteiger partial charge in [0.15, 0.2) is 5.78 Å². The molecular formula is C12H16N2O2. The predicted molar refractivity (Wildman–Crippen MR) is 61.3 cm³/mol. The van der Waals surface area contributed by atoms with Gasteiger partial charge in [-0.25, -0.2) is 4.98 Å². The fourth-order valence-electron chi connectivity index (χ4n) is 1.94. The number of anilines is 1. The number of nitrogens with two attached hydrogens (primary N) is 1. The third kappa shape index (κ3) is 2.22. The van der Waals surface area contributed by atoms with Gasteiger partial charge in [0.2, 0.25) is 0 Å². The minimum Gasteiger partial charge on any atom is -0.383 e. The zero-order valence-corrected chi connectivity index (χ0v) is 9.40. The summed E-state index contributed by atoms with van der Waals surface area (Å²) in [5.74, 6) is 0.328. The quantitative estimate of drug-likeness (QED) is 0.768. The van der Waals surface area contributed by atoms with Crippen molar-refractivity contribution in [1.29, 1.82) is 0 Å². The Labute approximate surface area is 94.8 Å². The lowest BCUT2D eigenvalue weighted by Crippen LogP contribution is -2.26. The number of nitrogens with zero attached hydrogens (tertiary/aromatic N) is 1. The molecule has 16 heavy (non-hydrogen) atoms. The molecule has 2 N–H and O–H groups in total. The molecule has 1 aliphatic rings. The van der Waals surface area contributed by atoms with Crippen molar-refractivity contribution < 1.29 is 9.53 Å². The largest absolute Gasteiger partial charge is 0.383 e. The van der Waals surface area contributed by atoms with E-state index >= 15 is 0 Å². The maximum atomic E-state index is 12.2. The Balaban J connectivity index is 2.22. The number of ketones is 1. The summed E-state index contributed by atoms with van der Waals surface area (Å²) in [6.45, 7) is 3.16. The highest BCUT2D eigenvalue weighted by atomic mass is 16.5. The van der Waals surface area contributed by atoms with Gasteiger partial charge in [-0.2, -0.15) is 0 Å². The minimum absolute atomic E-state index is 0.0559. The fraction of sp³-hybridized carbons (Fsp3) is 0.500. The highest BCUT2D eigenvalue weighted by Gasteiger charge is 2.24. The Morgan fingerprint density at radius 3 is 3.12 bits per heavy atom. The number of aryl methyl sites for hydroxylation is 1. The summed E-state index contributed by atoms with van der Waals surface area (Å²) in [5.41, 5.74) is 7.21. The van der Waals surface area contributed by atoms with Gasteiger partial charge < -0.3 is 10.5 Å². The average molecular weight is 220 g/mol. The highest BCUT2D eigenvalue weighted by molar-refractivity contribution is 6.01. The van der Waals surface area contributed by atoms with Crippen molar-refractivity contribution in [1.82, 2.24) is 4.98 Å². The predicted octanol–water partition coefficient (Wildman–Crippen LogP) is 1.58. The van der Waals surface area contributed by atoms with Crippen LogP contribution in [0.25, 0.3) is 0 Å². The first-order chi connectivity index (χ1) is 7.68. The average Bonchev–Trinajstić information content (AvgIpc) is 2.32. The summed E-state index contributed by atoms with van der Waals surface area (Å²) in [6, 6.07) is 1.80. The number of pyridine rings is 1. The van der Waals surface area contributed by atoms with Crippen LogP contribution in [0.2, 0.25) is 0 Å². The molecule has 0 aliphatic carbocycles. The lowest BCUT2D eigenvalue weighted by Gasteiger charge is -2.21. The number of hydrogen-bond acceptors (Lipinski definition) is 4. The maximum Gasteiger partial charge on any atom is 0.171 e. The molecular weight excluding hydrogens is 204 g/mol. The molecule has 0 radical (unpaired) electrons. The summed E-state index contributed by atoms with van der Waals surface area (Å²) >= 11 is 0. The number of nitrogen functional groups attached to an aromatic ring is 1. The molecule has 0 spiro atoms. The fourth-order valence-corrected chi connectivity index (χ4v) is 1.94. The molecule has 1 aromatic heterocycles. The smallest absolute Gasteiger partial charge is 0.171 e. The van der Waals surface area contributed by atoms with Gasteiger partial charge in [0.05, 0.1) is 12.2 Å². The van der Waals surface area contributed by atoms with E-state index in [9.17, 15) is 4.79 Å². The third-order valence-corrected chi connectivity index (χ3v) is 2.85. The molecule has 1 fully saturated rings. The van der Waals surface area contributed by atoms with Crippen molar-refractivity contribution in [3.63, 3.8) is 0 Å². The Hall–Kier alpha value is -1.42. The number of rotatable bonds is 2. The summed E-state index contributed by atoms with van der Waals surface area (Å²) in [4.78, 5) is 16.2. The maximum absolute atomic E-state index is 12.2. The van der Waals surface area contributed by atoms with Gasteiger partial charge in [-0.05, 0) is 31.4 Å². The number of ether oxygens (including phenoxy) is 1. The summed E-state index contributed by atoms with van der Waals surface area (Å²) < 4.78 is 5.31. The summed E-state index contributed by atoms with van der Waals surface area (Å²) in [5, 5.41) is 0. The number of carbonyl (C=O) groups is 1. The van der Waals surface area contributed by atoms with Crippen LogP contribution in [0, 0.1) is 12.8 Å². The van der Waals surface area contributed by atoms with Crippen LogP contribution in [0.5, 0.6) is 0 Å². The van der Waals surface area contributed by atoms with E-state index in [0.717, 1.165) is 25.0 Å². The lowest BCUT2D eigenvalue weighted by molar-refractivity contribution is 0.0461. The van der Waals surface area contributed by atoms with Gasteiger partial charge in [-0.15, -0.1) is 0 Å². The second-order valence-corrected chi connectivity index (χ2v) is 4.22. The van der Waals surface area contributed by atoms with Gasteiger partial charge in [-0.1, -0.05) is 0 Å². The van der Waals surface area contributed by atoms with Gasteiger partial charge in [0, 0.05) is 18.7 Å². The zero-order valence-electron chi connectivity index (χ0n) is 9.40. The topological polar surface area (TPSA) is 65.2 Å². The first kappa shape index (κ1) is 11.1. The van der Waals surface area contributed by atoms with Crippen LogP contribution < -0.4 is 5.73 Å². The normalized spacial score (nSPS) is 20.7. The molecule has 2 heterocycles. The molecule has 0 aromatic carbocycles. The molecule has 0 bridgehead atoms. The molecule has 0 saturated carbocycles. The lowest BCUT2D eigenvalue weighted by atomic mass is 9.92. The molecule has 4 nitrogen and oxygen atoms in total. The van der Waals surface area contributed by atoms with Crippen molar-refractivity contribution in [2.45, 2.75) is 19.8 Å². The molecule has 1 saturated heterocycles. The monoisotopic (exact) mass is 220 g/mol. The van der Waals surface area contributed by atoms with Gasteiger partial charge in [0.1, 0.15) is 5.82 Å². The van der Waals surface area contributed by atoms with E-state index < -0.39 is 0 Å². The number of carbonyl (C=O) groups excluding carboxylic acids is 1. The number of Topliss-reactive ketones (excluding diaryl/α,β-unsaturated/α-hetero) is 1. The summed E-state index contributed by atoms with van der Waals surface area (Å²) in [6.07, 6.45) is 3.49. The molecule has 1 atom stereocenters. The second kappa shape index (κ2) is 4.61. The number of aromatic nitrogens is 1. The van der Waals surface area contributed by atoms with Crippen molar-refractivity contribution in [2.24, 2.45) is 5.92 Å². The Morgan fingerprint density at radius 2 is 2.44 bits per heavy atom. The standard InChI is InChI=1S/C12H16N2O2/c1-8-5-10(12(13)14-6-8)11(15)9-3-2-4-16-7-9/h5-6,9H,2-4,7H2,1H3,(H2,13,14). The van der Waals surface area contributed by atoms with Crippen LogP contribution in [-0.2, 0) is 4.74 Å². The first-order valence-corrected chi connectivity index (χ1v) is 5.52. The van der Waals surface area contributed by atoms with Crippen LogP contribution in [0.1, 0.15) is 28.8 Å². The summed E-state index contributed by atoms with van der Waals surface area (Å²) in [7, 11) is 0. The molecule has 0 amide bonds. The van der Waals surface area contributed by atoms with Crippen LogP contribution in [0.3, 0.4) is 0 Å². The van der Waals surface area contributed by atoms with Crippen LogP contribution in [-0.4, -0.2) is 24.0 Å². The molecule has 1 unspecified atom stereocenters. The van der Waals surface area contributed by atoms with E-state index in [2.05, 4.69) is 4.98 Å². The Kier molecular flexibility index (Phi) is 3.19. The van der Waals surface area contributed by atoms with Crippen molar-refractivity contribution in [2.75, 3.05) is 18.9 Å². The Bertz CT molecular complexity index is 398. The SMILES string of the molecule is Cc1cnc(N)c(C(=O)C2CCCOC2)c1. The van der Waals surface area contributed by atoms with Gasteiger partial charge in [0.25, 0.3) is 0 Å². The highest BCUT2D eigenvalue weighted by Crippen LogP contribution is 2.21. The third-order valence-electron chi connectivity index (χ3n) is 2.85. The van der Waals surface area contributed by atoms with Gasteiger partial charge >= 0.3 is 0 Å².